The normalized spacial score (nSPS) is 12.2. The molecule has 0 atom stereocenters. The van der Waals surface area contributed by atoms with Crippen LogP contribution in [0.25, 0.3) is 21.8 Å². The molecule has 0 saturated carbocycles. The lowest BCUT2D eigenvalue weighted by Gasteiger charge is -2.35. The van der Waals surface area contributed by atoms with E-state index in [-0.39, 0.29) is 18.8 Å². The SMILES string of the molecule is CCC(CC)(COc1nc2ccccc2c(=O)o1)OCCC(CC)(CC)Oc1nc2ccccc2c(=O)o1. The molecule has 2 aromatic carbocycles. The Bertz CT molecular complexity index is 1490. The highest BCUT2D eigenvalue weighted by Gasteiger charge is 2.34. The molecule has 0 saturated heterocycles. The minimum Gasteiger partial charge on any atom is -0.447 e. The van der Waals surface area contributed by atoms with Gasteiger partial charge >= 0.3 is 23.4 Å². The highest BCUT2D eigenvalue weighted by molar-refractivity contribution is 5.77. The van der Waals surface area contributed by atoms with Crippen molar-refractivity contribution in [3.05, 3.63) is 69.4 Å². The summed E-state index contributed by atoms with van der Waals surface area (Å²) in [6.45, 7) is 8.63. The zero-order valence-electron chi connectivity index (χ0n) is 22.3. The van der Waals surface area contributed by atoms with E-state index in [1.165, 1.54) is 0 Å². The number of benzene rings is 2. The van der Waals surface area contributed by atoms with Gasteiger partial charge in [0, 0.05) is 6.42 Å². The van der Waals surface area contributed by atoms with Crippen LogP contribution in [-0.2, 0) is 4.74 Å². The molecule has 0 radical (unpaired) electrons. The number of hydrogen-bond acceptors (Lipinski definition) is 9. The van der Waals surface area contributed by atoms with Crippen LogP contribution < -0.4 is 20.7 Å². The first kappa shape index (κ1) is 27.3. The molecule has 0 unspecified atom stereocenters. The first-order valence-electron chi connectivity index (χ1n) is 13.1. The van der Waals surface area contributed by atoms with Gasteiger partial charge in [-0.15, -0.1) is 0 Å². The van der Waals surface area contributed by atoms with Gasteiger partial charge in [-0.05, 0) is 49.9 Å². The number of rotatable bonds is 13. The standard InChI is InChI=1S/C29H34N2O7/c1-5-28(6-2,38-27-31-23-16-12-10-14-21(23)25(33)37-27)17-18-35-29(7-3,8-4)19-34-26-30-22-15-11-9-13-20(22)24(32)36-26/h9-16H,5-8,17-19H2,1-4H3. The number of ether oxygens (including phenoxy) is 3. The van der Waals surface area contributed by atoms with E-state index in [2.05, 4.69) is 9.97 Å². The van der Waals surface area contributed by atoms with Crippen molar-refractivity contribution in [2.75, 3.05) is 13.2 Å². The molecule has 0 bridgehead atoms. The first-order valence-corrected chi connectivity index (χ1v) is 13.1. The van der Waals surface area contributed by atoms with Crippen molar-refractivity contribution in [2.24, 2.45) is 0 Å². The topological polar surface area (TPSA) is 114 Å². The van der Waals surface area contributed by atoms with Gasteiger partial charge in [-0.3, -0.25) is 0 Å². The Hall–Kier alpha value is -3.72. The molecule has 0 amide bonds. The maximum Gasteiger partial charge on any atom is 0.397 e. The third-order valence-electron chi connectivity index (χ3n) is 7.34. The molecule has 38 heavy (non-hydrogen) atoms. The van der Waals surface area contributed by atoms with E-state index in [4.69, 9.17) is 23.0 Å². The first-order chi connectivity index (χ1) is 18.4. The van der Waals surface area contributed by atoms with E-state index < -0.39 is 22.5 Å². The second-order valence-corrected chi connectivity index (χ2v) is 9.34. The van der Waals surface area contributed by atoms with Gasteiger partial charge in [-0.25, -0.2) is 9.59 Å². The van der Waals surface area contributed by atoms with Gasteiger partial charge in [0.25, 0.3) is 0 Å². The fourth-order valence-electron chi connectivity index (χ4n) is 4.43. The smallest absolute Gasteiger partial charge is 0.397 e. The lowest BCUT2D eigenvalue weighted by Crippen LogP contribution is -2.42. The monoisotopic (exact) mass is 522 g/mol. The summed E-state index contributed by atoms with van der Waals surface area (Å²) in [6, 6.07) is 14.0. The molecule has 0 fully saturated rings. The minimum absolute atomic E-state index is 0.0459. The lowest BCUT2D eigenvalue weighted by molar-refractivity contribution is -0.101. The van der Waals surface area contributed by atoms with Crippen molar-refractivity contribution in [2.45, 2.75) is 71.0 Å². The van der Waals surface area contributed by atoms with Crippen molar-refractivity contribution in [1.82, 2.24) is 9.97 Å². The third-order valence-corrected chi connectivity index (χ3v) is 7.34. The molecule has 9 nitrogen and oxygen atoms in total. The number of para-hydroxylation sites is 2. The maximum atomic E-state index is 12.4. The fraction of sp³-hybridized carbons (Fsp3) is 0.448. The molecule has 2 heterocycles. The van der Waals surface area contributed by atoms with E-state index in [0.29, 0.717) is 60.5 Å². The summed E-state index contributed by atoms with van der Waals surface area (Å²) in [4.78, 5) is 33.4. The van der Waals surface area contributed by atoms with Gasteiger partial charge in [0.1, 0.15) is 17.8 Å². The summed E-state index contributed by atoms with van der Waals surface area (Å²) >= 11 is 0. The predicted molar refractivity (Wildman–Crippen MR) is 144 cm³/mol. The van der Waals surface area contributed by atoms with Gasteiger partial charge in [-0.2, -0.15) is 9.97 Å². The Morgan fingerprint density at radius 2 is 1.21 bits per heavy atom. The predicted octanol–water partition coefficient (Wildman–Crippen LogP) is 5.67. The van der Waals surface area contributed by atoms with Crippen LogP contribution in [0.15, 0.2) is 67.0 Å². The van der Waals surface area contributed by atoms with Crippen molar-refractivity contribution in [3.63, 3.8) is 0 Å². The number of nitrogens with zero attached hydrogens (tertiary/aromatic N) is 2. The molecule has 0 aliphatic carbocycles. The van der Waals surface area contributed by atoms with Crippen LogP contribution in [0.1, 0.15) is 59.8 Å². The average Bonchev–Trinajstić information content (AvgIpc) is 2.94. The summed E-state index contributed by atoms with van der Waals surface area (Å²) in [5, 5.41) is 0.815. The largest absolute Gasteiger partial charge is 0.447 e. The summed E-state index contributed by atoms with van der Waals surface area (Å²) in [5.41, 5.74) is -1.19. The average molecular weight is 523 g/mol. The van der Waals surface area contributed by atoms with Crippen molar-refractivity contribution < 1.29 is 23.0 Å². The molecule has 4 rings (SSSR count). The second kappa shape index (κ2) is 11.8. The Kier molecular flexibility index (Phi) is 8.46. The van der Waals surface area contributed by atoms with E-state index in [9.17, 15) is 9.59 Å². The van der Waals surface area contributed by atoms with E-state index in [0.717, 1.165) is 0 Å². The van der Waals surface area contributed by atoms with Gasteiger partial charge < -0.3 is 23.0 Å². The van der Waals surface area contributed by atoms with Crippen molar-refractivity contribution in [1.29, 1.82) is 0 Å². The molecule has 9 heteroatoms. The van der Waals surface area contributed by atoms with E-state index in [1.54, 1.807) is 42.5 Å². The Morgan fingerprint density at radius 1 is 0.711 bits per heavy atom. The third kappa shape index (κ3) is 5.88. The Labute approximate surface area is 220 Å². The molecular formula is C29H34N2O7. The number of hydrogen-bond donors (Lipinski definition) is 0. The number of fused-ring (bicyclic) bond motifs is 2. The highest BCUT2D eigenvalue weighted by atomic mass is 16.6. The molecule has 0 aliphatic heterocycles. The molecule has 0 N–H and O–H groups in total. The molecule has 202 valence electrons. The van der Waals surface area contributed by atoms with E-state index >= 15 is 0 Å². The minimum atomic E-state index is -0.633. The Morgan fingerprint density at radius 3 is 1.76 bits per heavy atom. The van der Waals surface area contributed by atoms with Gasteiger partial charge in [-0.1, -0.05) is 52.0 Å². The van der Waals surface area contributed by atoms with Crippen LogP contribution >= 0.6 is 0 Å². The van der Waals surface area contributed by atoms with Gasteiger partial charge in [0.2, 0.25) is 0 Å². The van der Waals surface area contributed by atoms with Crippen LogP contribution in [0.5, 0.6) is 12.2 Å². The summed E-state index contributed by atoms with van der Waals surface area (Å²) in [7, 11) is 0. The summed E-state index contributed by atoms with van der Waals surface area (Å²) < 4.78 is 29.1. The molecule has 4 aromatic rings. The zero-order valence-corrected chi connectivity index (χ0v) is 22.3. The fourth-order valence-corrected chi connectivity index (χ4v) is 4.43. The molecular weight excluding hydrogens is 488 g/mol. The lowest BCUT2D eigenvalue weighted by atomic mass is 9.93. The molecule has 2 aromatic heterocycles. The van der Waals surface area contributed by atoms with Gasteiger partial charge in [0.15, 0.2) is 0 Å². The number of aromatic nitrogens is 2. The van der Waals surface area contributed by atoms with Gasteiger partial charge in [0.05, 0.1) is 28.4 Å². The quantitative estimate of drug-likeness (QED) is 0.219. The van der Waals surface area contributed by atoms with Crippen LogP contribution in [0.3, 0.4) is 0 Å². The zero-order chi connectivity index (χ0) is 27.2. The summed E-state index contributed by atoms with van der Waals surface area (Å²) in [6.07, 6.45) is 3.10. The van der Waals surface area contributed by atoms with Crippen LogP contribution in [0, 0.1) is 0 Å². The van der Waals surface area contributed by atoms with Crippen LogP contribution in [-0.4, -0.2) is 34.4 Å². The maximum absolute atomic E-state index is 12.4. The highest BCUT2D eigenvalue weighted by Crippen LogP contribution is 2.30. The van der Waals surface area contributed by atoms with Crippen molar-refractivity contribution >= 4 is 21.8 Å². The van der Waals surface area contributed by atoms with E-state index in [1.807, 2.05) is 33.8 Å². The molecule has 0 spiro atoms. The summed E-state index contributed by atoms with van der Waals surface area (Å²) in [5.74, 6) is 0. The van der Waals surface area contributed by atoms with Crippen LogP contribution in [0.2, 0.25) is 0 Å². The molecule has 0 aliphatic rings. The second-order valence-electron chi connectivity index (χ2n) is 9.34. The van der Waals surface area contributed by atoms with Crippen molar-refractivity contribution in [3.8, 4) is 12.2 Å². The Balaban J connectivity index is 1.44. The van der Waals surface area contributed by atoms with Crippen LogP contribution in [0.4, 0.5) is 0 Å².